The summed E-state index contributed by atoms with van der Waals surface area (Å²) < 4.78 is 0. The minimum atomic E-state index is -0.390. The van der Waals surface area contributed by atoms with Crippen LogP contribution in [0, 0.1) is 0 Å². The fourth-order valence-corrected chi connectivity index (χ4v) is 2.56. The van der Waals surface area contributed by atoms with Crippen LogP contribution in [0.4, 0.5) is 0 Å². The largest absolute Gasteiger partial charge is 0.410 e. The Balaban J connectivity index is 1.63. The third-order valence-electron chi connectivity index (χ3n) is 3.72. The van der Waals surface area contributed by atoms with Crippen molar-refractivity contribution < 1.29 is 10.0 Å². The predicted molar refractivity (Wildman–Crippen MR) is 89.8 cm³/mol. The lowest BCUT2D eigenvalue weighted by atomic mass is 10.1. The first-order valence-electron chi connectivity index (χ1n) is 7.40. The predicted octanol–water partition coefficient (Wildman–Crippen LogP) is 2.71. The molecule has 0 radical (unpaired) electrons. The second-order valence-corrected chi connectivity index (χ2v) is 5.18. The highest BCUT2D eigenvalue weighted by molar-refractivity contribution is 6.45. The molecule has 5 nitrogen and oxygen atoms in total. The number of carbonyl (C=O) groups is 1. The van der Waals surface area contributed by atoms with Crippen LogP contribution in [0.1, 0.15) is 11.1 Å². The standard InChI is InChI=1S/C18H17N3O2/c22-18(17(21-23)13-6-2-1-3-7-13)19-11-10-14-12-20-16-9-5-4-8-15(14)16/h1-9,12,20,23H,10-11H2,(H,19,22). The molecule has 0 bridgehead atoms. The maximum Gasteiger partial charge on any atom is 0.273 e. The van der Waals surface area contributed by atoms with Crippen molar-refractivity contribution in [1.29, 1.82) is 0 Å². The Kier molecular flexibility index (Phi) is 4.38. The summed E-state index contributed by atoms with van der Waals surface area (Å²) in [5.74, 6) is -0.390. The van der Waals surface area contributed by atoms with Crippen LogP contribution in [-0.4, -0.2) is 28.4 Å². The zero-order valence-electron chi connectivity index (χ0n) is 12.5. The van der Waals surface area contributed by atoms with Gasteiger partial charge in [-0.15, -0.1) is 0 Å². The van der Waals surface area contributed by atoms with Crippen LogP contribution in [0.2, 0.25) is 0 Å². The highest BCUT2D eigenvalue weighted by Gasteiger charge is 2.14. The number of rotatable bonds is 5. The van der Waals surface area contributed by atoms with E-state index in [4.69, 9.17) is 5.21 Å². The van der Waals surface area contributed by atoms with Gasteiger partial charge in [0.25, 0.3) is 5.91 Å². The molecule has 116 valence electrons. The van der Waals surface area contributed by atoms with E-state index in [1.165, 1.54) is 0 Å². The van der Waals surface area contributed by atoms with E-state index in [9.17, 15) is 4.79 Å². The van der Waals surface area contributed by atoms with Gasteiger partial charge >= 0.3 is 0 Å². The number of aromatic nitrogens is 1. The molecule has 23 heavy (non-hydrogen) atoms. The average Bonchev–Trinajstić information content (AvgIpc) is 3.00. The molecule has 0 saturated heterocycles. The second-order valence-electron chi connectivity index (χ2n) is 5.18. The van der Waals surface area contributed by atoms with Crippen molar-refractivity contribution in [3.8, 4) is 0 Å². The lowest BCUT2D eigenvalue weighted by molar-refractivity contribution is -0.114. The van der Waals surface area contributed by atoms with Gasteiger partial charge in [0.1, 0.15) is 0 Å². The zero-order chi connectivity index (χ0) is 16.1. The Morgan fingerprint density at radius 3 is 2.61 bits per heavy atom. The Bertz CT molecular complexity index is 838. The van der Waals surface area contributed by atoms with Crippen molar-refractivity contribution in [3.05, 3.63) is 71.9 Å². The van der Waals surface area contributed by atoms with Crippen molar-refractivity contribution in [2.24, 2.45) is 5.16 Å². The molecule has 0 fully saturated rings. The summed E-state index contributed by atoms with van der Waals surface area (Å²) in [5.41, 5.74) is 2.82. The van der Waals surface area contributed by atoms with Gasteiger partial charge in [-0.2, -0.15) is 0 Å². The van der Waals surface area contributed by atoms with Gasteiger partial charge in [-0.05, 0) is 18.1 Å². The van der Waals surface area contributed by atoms with Gasteiger partial charge in [0.15, 0.2) is 5.71 Å². The minimum absolute atomic E-state index is 0.0181. The topological polar surface area (TPSA) is 77.5 Å². The second kappa shape index (κ2) is 6.79. The number of H-pyrrole nitrogens is 1. The Morgan fingerprint density at radius 2 is 1.83 bits per heavy atom. The smallest absolute Gasteiger partial charge is 0.273 e. The molecule has 3 N–H and O–H groups in total. The first-order valence-corrected chi connectivity index (χ1v) is 7.40. The number of nitrogens with one attached hydrogen (secondary N) is 2. The molecule has 0 aliphatic heterocycles. The highest BCUT2D eigenvalue weighted by Crippen LogP contribution is 2.17. The SMILES string of the molecule is O=C(NCCc1c[nH]c2ccccc12)C(=NO)c1ccccc1. The van der Waals surface area contributed by atoms with Gasteiger partial charge in [-0.3, -0.25) is 4.79 Å². The Hall–Kier alpha value is -3.08. The van der Waals surface area contributed by atoms with Crippen molar-refractivity contribution >= 4 is 22.5 Å². The Labute approximate surface area is 133 Å². The normalized spacial score (nSPS) is 11.6. The maximum atomic E-state index is 12.2. The van der Waals surface area contributed by atoms with Crippen LogP contribution < -0.4 is 5.32 Å². The van der Waals surface area contributed by atoms with Crippen LogP contribution in [0.15, 0.2) is 65.9 Å². The number of nitrogens with zero attached hydrogens (tertiary/aromatic N) is 1. The van der Waals surface area contributed by atoms with Crippen LogP contribution in [0.3, 0.4) is 0 Å². The number of oxime groups is 1. The molecule has 3 rings (SSSR count). The number of fused-ring (bicyclic) bond motifs is 1. The molecular formula is C18H17N3O2. The van der Waals surface area contributed by atoms with Crippen molar-refractivity contribution in [3.63, 3.8) is 0 Å². The number of hydrogen-bond acceptors (Lipinski definition) is 3. The first-order chi connectivity index (χ1) is 11.3. The summed E-state index contributed by atoms with van der Waals surface area (Å²) >= 11 is 0. The van der Waals surface area contributed by atoms with E-state index in [0.29, 0.717) is 18.5 Å². The van der Waals surface area contributed by atoms with Crippen molar-refractivity contribution in [1.82, 2.24) is 10.3 Å². The summed E-state index contributed by atoms with van der Waals surface area (Å²) in [6.07, 6.45) is 2.65. The molecule has 0 saturated carbocycles. The summed E-state index contributed by atoms with van der Waals surface area (Å²) in [6.45, 7) is 0.465. The van der Waals surface area contributed by atoms with Crippen LogP contribution in [0.5, 0.6) is 0 Å². The van der Waals surface area contributed by atoms with Crippen LogP contribution >= 0.6 is 0 Å². The number of aromatic amines is 1. The van der Waals surface area contributed by atoms with E-state index in [2.05, 4.69) is 15.5 Å². The summed E-state index contributed by atoms with van der Waals surface area (Å²) in [5, 5.41) is 16.2. The van der Waals surface area contributed by atoms with E-state index >= 15 is 0 Å². The maximum absolute atomic E-state index is 12.2. The van der Waals surface area contributed by atoms with E-state index in [0.717, 1.165) is 16.5 Å². The lowest BCUT2D eigenvalue weighted by Gasteiger charge is -2.06. The quantitative estimate of drug-likeness (QED) is 0.385. The minimum Gasteiger partial charge on any atom is -0.410 e. The molecule has 0 spiro atoms. The number of amides is 1. The summed E-state index contributed by atoms with van der Waals surface area (Å²) in [6, 6.07) is 16.9. The van der Waals surface area contributed by atoms with E-state index in [1.54, 1.807) is 24.3 Å². The number of carbonyl (C=O) groups excluding carboxylic acids is 1. The van der Waals surface area contributed by atoms with Crippen molar-refractivity contribution in [2.45, 2.75) is 6.42 Å². The van der Waals surface area contributed by atoms with Gasteiger partial charge in [0.05, 0.1) is 0 Å². The zero-order valence-corrected chi connectivity index (χ0v) is 12.5. The third-order valence-corrected chi connectivity index (χ3v) is 3.72. The molecule has 2 aromatic carbocycles. The van der Waals surface area contributed by atoms with Gasteiger partial charge in [0.2, 0.25) is 0 Å². The van der Waals surface area contributed by atoms with Gasteiger partial charge in [0, 0.05) is 29.2 Å². The molecule has 0 unspecified atom stereocenters. The lowest BCUT2D eigenvalue weighted by Crippen LogP contribution is -2.33. The summed E-state index contributed by atoms with van der Waals surface area (Å²) in [4.78, 5) is 15.4. The van der Waals surface area contributed by atoms with E-state index < -0.39 is 5.91 Å². The third kappa shape index (κ3) is 3.23. The van der Waals surface area contributed by atoms with Gasteiger partial charge in [-0.1, -0.05) is 53.7 Å². The highest BCUT2D eigenvalue weighted by atomic mass is 16.4. The van der Waals surface area contributed by atoms with E-state index in [-0.39, 0.29) is 5.71 Å². The molecule has 0 aliphatic rings. The summed E-state index contributed by atoms with van der Waals surface area (Å²) in [7, 11) is 0. The molecule has 5 heteroatoms. The van der Waals surface area contributed by atoms with Crippen LogP contribution in [0.25, 0.3) is 10.9 Å². The number of para-hydroxylation sites is 1. The molecule has 1 aromatic heterocycles. The first kappa shape index (κ1) is 14.8. The average molecular weight is 307 g/mol. The fraction of sp³-hybridized carbons (Fsp3) is 0.111. The molecule has 0 atom stereocenters. The number of benzene rings is 2. The Morgan fingerprint density at radius 1 is 1.09 bits per heavy atom. The molecule has 0 aliphatic carbocycles. The number of hydrogen-bond donors (Lipinski definition) is 3. The van der Waals surface area contributed by atoms with E-state index in [1.807, 2.05) is 36.5 Å². The fourth-order valence-electron chi connectivity index (χ4n) is 2.56. The van der Waals surface area contributed by atoms with Crippen molar-refractivity contribution in [2.75, 3.05) is 6.54 Å². The van der Waals surface area contributed by atoms with Gasteiger partial charge < -0.3 is 15.5 Å². The molecule has 1 heterocycles. The monoisotopic (exact) mass is 307 g/mol. The molecule has 1 amide bonds. The van der Waals surface area contributed by atoms with Crippen LogP contribution in [-0.2, 0) is 11.2 Å². The molecule has 3 aromatic rings. The van der Waals surface area contributed by atoms with Gasteiger partial charge in [-0.25, -0.2) is 0 Å². The molecular weight excluding hydrogens is 290 g/mol.